The Labute approximate surface area is 148 Å². The summed E-state index contributed by atoms with van der Waals surface area (Å²) >= 11 is 0. The molecular formula is C22H24N2O. The van der Waals surface area contributed by atoms with Crippen molar-refractivity contribution >= 4 is 27.8 Å². The summed E-state index contributed by atoms with van der Waals surface area (Å²) in [5, 5.41) is 1.11. The van der Waals surface area contributed by atoms with Crippen molar-refractivity contribution in [1.29, 1.82) is 0 Å². The number of fused-ring (bicyclic) bond motifs is 3. The zero-order valence-corrected chi connectivity index (χ0v) is 14.9. The Bertz CT molecular complexity index is 965. The molecule has 0 spiro atoms. The van der Waals surface area contributed by atoms with Gasteiger partial charge in [0, 0.05) is 29.7 Å². The molecule has 2 aromatic heterocycles. The highest BCUT2D eigenvalue weighted by Gasteiger charge is 2.35. The van der Waals surface area contributed by atoms with Crippen LogP contribution in [-0.2, 0) is 0 Å². The number of benzene rings is 1. The smallest absolute Gasteiger partial charge is 0.160 e. The largest absolute Gasteiger partial charge is 0.452 e. The standard InChI is InChI=1S/C22H24N2O/c1-14-9-10-18-20-19(8-5-12-23-20)25-22(18)21(14)24-13-11-17(15(24)2)16-6-3-4-7-16/h5,8-13,15-17H,3-4,6-7H2,1-2H3/t15-,17?/m0/s1. The minimum Gasteiger partial charge on any atom is -0.452 e. The Balaban J connectivity index is 1.63. The maximum absolute atomic E-state index is 6.25. The molecule has 3 aromatic rings. The topological polar surface area (TPSA) is 29.3 Å². The second kappa shape index (κ2) is 5.62. The van der Waals surface area contributed by atoms with Gasteiger partial charge in [-0.05, 0) is 56.4 Å². The summed E-state index contributed by atoms with van der Waals surface area (Å²) in [7, 11) is 0. The van der Waals surface area contributed by atoms with Gasteiger partial charge >= 0.3 is 0 Å². The second-order valence-corrected chi connectivity index (χ2v) is 7.67. The summed E-state index contributed by atoms with van der Waals surface area (Å²) in [6, 6.07) is 8.77. The molecule has 128 valence electrons. The molecule has 1 aliphatic heterocycles. The van der Waals surface area contributed by atoms with Crippen LogP contribution in [0.2, 0.25) is 0 Å². The van der Waals surface area contributed by atoms with E-state index in [9.17, 15) is 0 Å². The van der Waals surface area contributed by atoms with E-state index >= 15 is 0 Å². The minimum absolute atomic E-state index is 0.480. The fourth-order valence-electron chi connectivity index (χ4n) is 4.91. The van der Waals surface area contributed by atoms with Crippen LogP contribution in [-0.4, -0.2) is 11.0 Å². The van der Waals surface area contributed by atoms with Crippen LogP contribution in [0.1, 0.15) is 38.2 Å². The van der Waals surface area contributed by atoms with Crippen molar-refractivity contribution in [2.75, 3.05) is 4.90 Å². The van der Waals surface area contributed by atoms with E-state index in [1.165, 1.54) is 36.9 Å². The van der Waals surface area contributed by atoms with Crippen molar-refractivity contribution in [3.63, 3.8) is 0 Å². The van der Waals surface area contributed by atoms with Gasteiger partial charge in [-0.3, -0.25) is 4.98 Å². The van der Waals surface area contributed by atoms with E-state index in [0.717, 1.165) is 28.0 Å². The van der Waals surface area contributed by atoms with Crippen LogP contribution in [0.5, 0.6) is 0 Å². The number of hydrogen-bond acceptors (Lipinski definition) is 3. The molecular weight excluding hydrogens is 308 g/mol. The van der Waals surface area contributed by atoms with Crippen LogP contribution in [0.3, 0.4) is 0 Å². The summed E-state index contributed by atoms with van der Waals surface area (Å²) in [4.78, 5) is 6.97. The van der Waals surface area contributed by atoms with Gasteiger partial charge in [-0.1, -0.05) is 25.0 Å². The second-order valence-electron chi connectivity index (χ2n) is 7.67. The lowest BCUT2D eigenvalue weighted by molar-refractivity contribution is 0.370. The van der Waals surface area contributed by atoms with Gasteiger partial charge in [0.25, 0.3) is 0 Å². The van der Waals surface area contributed by atoms with Crippen LogP contribution in [0.4, 0.5) is 5.69 Å². The molecule has 1 unspecified atom stereocenters. The Morgan fingerprint density at radius 3 is 2.84 bits per heavy atom. The number of aromatic nitrogens is 1. The normalized spacial score (nSPS) is 24.2. The van der Waals surface area contributed by atoms with Crippen LogP contribution >= 0.6 is 0 Å². The molecule has 5 rings (SSSR count). The van der Waals surface area contributed by atoms with E-state index < -0.39 is 0 Å². The van der Waals surface area contributed by atoms with Gasteiger partial charge < -0.3 is 9.32 Å². The highest BCUT2D eigenvalue weighted by molar-refractivity contribution is 6.07. The first-order valence-corrected chi connectivity index (χ1v) is 9.47. The van der Waals surface area contributed by atoms with E-state index in [4.69, 9.17) is 4.42 Å². The summed E-state index contributed by atoms with van der Waals surface area (Å²) in [6.07, 6.45) is 12.1. The quantitative estimate of drug-likeness (QED) is 0.592. The maximum Gasteiger partial charge on any atom is 0.160 e. The minimum atomic E-state index is 0.480. The molecule has 1 fully saturated rings. The lowest BCUT2D eigenvalue weighted by Gasteiger charge is -2.30. The highest BCUT2D eigenvalue weighted by Crippen LogP contribution is 2.43. The van der Waals surface area contributed by atoms with Crippen LogP contribution < -0.4 is 4.90 Å². The van der Waals surface area contributed by atoms with Gasteiger partial charge in [0.2, 0.25) is 0 Å². The monoisotopic (exact) mass is 332 g/mol. The van der Waals surface area contributed by atoms with Gasteiger partial charge in [0.15, 0.2) is 11.2 Å². The highest BCUT2D eigenvalue weighted by atomic mass is 16.3. The van der Waals surface area contributed by atoms with Crippen molar-refractivity contribution < 1.29 is 4.42 Å². The first-order chi connectivity index (χ1) is 12.2. The molecule has 3 heterocycles. The third-order valence-corrected chi connectivity index (χ3v) is 6.24. The van der Waals surface area contributed by atoms with Crippen LogP contribution in [0.15, 0.2) is 47.2 Å². The molecule has 0 N–H and O–H groups in total. The molecule has 0 amide bonds. The van der Waals surface area contributed by atoms with E-state index in [-0.39, 0.29) is 0 Å². The first kappa shape index (κ1) is 15.0. The number of hydrogen-bond donors (Lipinski definition) is 0. The SMILES string of the molecule is Cc1ccc2c(oc3cccnc32)c1N1C=CC(C2CCCC2)[C@@H]1C. The van der Waals surface area contributed by atoms with Gasteiger partial charge in [0.05, 0.1) is 5.69 Å². The van der Waals surface area contributed by atoms with Gasteiger partial charge in [-0.25, -0.2) is 0 Å². The summed E-state index contributed by atoms with van der Waals surface area (Å²) in [6.45, 7) is 4.54. The Hall–Kier alpha value is -2.29. The number of pyridine rings is 1. The average Bonchev–Trinajstić information content (AvgIpc) is 3.33. The van der Waals surface area contributed by atoms with E-state index in [0.29, 0.717) is 12.0 Å². The number of nitrogens with zero attached hydrogens (tertiary/aromatic N) is 2. The van der Waals surface area contributed by atoms with Crippen LogP contribution in [0.25, 0.3) is 22.1 Å². The zero-order valence-electron chi connectivity index (χ0n) is 14.9. The first-order valence-electron chi connectivity index (χ1n) is 9.47. The molecule has 0 bridgehead atoms. The summed E-state index contributed by atoms with van der Waals surface area (Å²) < 4.78 is 6.25. The maximum atomic E-state index is 6.25. The molecule has 3 nitrogen and oxygen atoms in total. The van der Waals surface area contributed by atoms with E-state index in [1.807, 2.05) is 18.3 Å². The average molecular weight is 332 g/mol. The Morgan fingerprint density at radius 1 is 1.16 bits per heavy atom. The Kier molecular flexibility index (Phi) is 3.37. The van der Waals surface area contributed by atoms with Crippen molar-refractivity contribution in [2.24, 2.45) is 11.8 Å². The van der Waals surface area contributed by atoms with Gasteiger partial charge in [-0.15, -0.1) is 0 Å². The molecule has 1 aromatic carbocycles. The summed E-state index contributed by atoms with van der Waals surface area (Å²) in [5.74, 6) is 1.49. The number of aryl methyl sites for hydroxylation is 1. The van der Waals surface area contributed by atoms with Crippen molar-refractivity contribution in [3.05, 3.63) is 48.3 Å². The third-order valence-electron chi connectivity index (χ3n) is 6.24. The third kappa shape index (κ3) is 2.21. The summed E-state index contributed by atoms with van der Waals surface area (Å²) in [5.41, 5.74) is 5.27. The number of rotatable bonds is 2. The molecule has 25 heavy (non-hydrogen) atoms. The molecule has 2 aliphatic rings. The van der Waals surface area contributed by atoms with Crippen LogP contribution in [0, 0.1) is 18.8 Å². The van der Waals surface area contributed by atoms with Crippen molar-refractivity contribution in [1.82, 2.24) is 4.98 Å². The molecule has 1 aliphatic carbocycles. The van der Waals surface area contributed by atoms with Crippen molar-refractivity contribution in [3.8, 4) is 0 Å². The lowest BCUT2D eigenvalue weighted by Crippen LogP contribution is -2.32. The number of furan rings is 1. The van der Waals surface area contributed by atoms with E-state index in [2.05, 4.69) is 48.1 Å². The molecule has 0 saturated heterocycles. The molecule has 3 heteroatoms. The molecule has 2 atom stereocenters. The van der Waals surface area contributed by atoms with Gasteiger partial charge in [0.1, 0.15) is 5.52 Å². The number of anilines is 1. The predicted molar refractivity (Wildman–Crippen MR) is 103 cm³/mol. The molecule has 0 radical (unpaired) electrons. The zero-order chi connectivity index (χ0) is 17.0. The predicted octanol–water partition coefficient (Wildman–Crippen LogP) is 5.82. The lowest BCUT2D eigenvalue weighted by atomic mass is 9.86. The van der Waals surface area contributed by atoms with E-state index in [1.54, 1.807) is 0 Å². The fraction of sp³-hybridized carbons (Fsp3) is 0.409. The molecule has 1 saturated carbocycles. The fourth-order valence-corrected chi connectivity index (χ4v) is 4.91. The Morgan fingerprint density at radius 2 is 2.00 bits per heavy atom. The van der Waals surface area contributed by atoms with Crippen molar-refractivity contribution in [2.45, 2.75) is 45.6 Å². The van der Waals surface area contributed by atoms with Gasteiger partial charge in [-0.2, -0.15) is 0 Å².